The average molecular weight is 456 g/mol. The number of carbonyl (C=O) groups is 1. The number of benzene rings is 2. The van der Waals surface area contributed by atoms with E-state index in [1.54, 1.807) is 14.2 Å². The molecule has 7 nitrogen and oxygen atoms in total. The fraction of sp³-hybridized carbons (Fsp3) is 0.500. The Bertz CT molecular complexity index is 941. The second-order valence-corrected chi connectivity index (χ2v) is 8.82. The Kier molecular flexibility index (Phi) is 7.40. The molecule has 0 aromatic heterocycles. The van der Waals surface area contributed by atoms with E-state index in [9.17, 15) is 9.90 Å². The largest absolute Gasteiger partial charge is 0.497 e. The SMILES string of the molecule is COc1cc(OC)cc(-c2ccc(NC3(C(=O)O)CCOCC3)cc2COC2CCCC2)c1. The van der Waals surface area contributed by atoms with Crippen LogP contribution in [-0.4, -0.2) is 50.2 Å². The molecule has 2 aromatic rings. The predicted octanol–water partition coefficient (Wildman–Crippen LogP) is 4.88. The molecule has 7 heteroatoms. The van der Waals surface area contributed by atoms with Crippen molar-refractivity contribution in [1.82, 2.24) is 0 Å². The van der Waals surface area contributed by atoms with Crippen LogP contribution < -0.4 is 14.8 Å². The number of ether oxygens (including phenoxy) is 4. The smallest absolute Gasteiger partial charge is 0.329 e. The summed E-state index contributed by atoms with van der Waals surface area (Å²) in [6.07, 6.45) is 5.70. The third-order valence-corrected chi connectivity index (χ3v) is 6.68. The van der Waals surface area contributed by atoms with Crippen LogP contribution in [0.25, 0.3) is 11.1 Å². The van der Waals surface area contributed by atoms with Crippen molar-refractivity contribution in [2.45, 2.75) is 56.8 Å². The summed E-state index contributed by atoms with van der Waals surface area (Å²) in [7, 11) is 3.27. The fourth-order valence-corrected chi connectivity index (χ4v) is 4.69. The van der Waals surface area contributed by atoms with Gasteiger partial charge in [0.05, 0.1) is 26.9 Å². The molecule has 0 spiro atoms. The zero-order valence-corrected chi connectivity index (χ0v) is 19.4. The van der Waals surface area contributed by atoms with Gasteiger partial charge in [-0.15, -0.1) is 0 Å². The number of hydrogen-bond donors (Lipinski definition) is 2. The van der Waals surface area contributed by atoms with Gasteiger partial charge in [-0.2, -0.15) is 0 Å². The lowest BCUT2D eigenvalue weighted by Crippen LogP contribution is -2.50. The summed E-state index contributed by atoms with van der Waals surface area (Å²) in [5.74, 6) is 0.568. The number of carboxylic acids is 1. The standard InChI is InChI=1S/C26H33NO6/c1-30-22-14-18(15-23(16-22)31-2)24-8-7-20(13-19(24)17-33-21-5-3-4-6-21)27-26(25(28)29)9-11-32-12-10-26/h7-8,13-16,21,27H,3-6,9-12,17H2,1-2H3,(H,28,29). The molecule has 0 amide bonds. The van der Waals surface area contributed by atoms with Crippen molar-refractivity contribution in [2.24, 2.45) is 0 Å². The number of rotatable bonds is 9. The molecule has 1 saturated heterocycles. The Balaban J connectivity index is 1.68. The van der Waals surface area contributed by atoms with Crippen LogP contribution in [0, 0.1) is 0 Å². The number of aliphatic carboxylic acids is 1. The summed E-state index contributed by atoms with van der Waals surface area (Å²) in [5, 5.41) is 13.2. The number of hydrogen-bond acceptors (Lipinski definition) is 6. The van der Waals surface area contributed by atoms with Crippen molar-refractivity contribution in [2.75, 3.05) is 32.8 Å². The van der Waals surface area contributed by atoms with E-state index in [0.717, 1.165) is 35.2 Å². The van der Waals surface area contributed by atoms with Gasteiger partial charge in [0.2, 0.25) is 0 Å². The molecule has 0 bridgehead atoms. The van der Waals surface area contributed by atoms with E-state index >= 15 is 0 Å². The van der Waals surface area contributed by atoms with E-state index in [4.69, 9.17) is 18.9 Å². The number of nitrogens with one attached hydrogen (secondary N) is 1. The first kappa shape index (κ1) is 23.4. The van der Waals surface area contributed by atoms with Gasteiger partial charge in [0.15, 0.2) is 0 Å². The van der Waals surface area contributed by atoms with Crippen LogP contribution in [0.2, 0.25) is 0 Å². The Morgan fingerprint density at radius 2 is 1.73 bits per heavy atom. The Morgan fingerprint density at radius 1 is 1.06 bits per heavy atom. The third-order valence-electron chi connectivity index (χ3n) is 6.68. The topological polar surface area (TPSA) is 86.3 Å². The van der Waals surface area contributed by atoms with E-state index in [0.29, 0.717) is 44.2 Å². The van der Waals surface area contributed by atoms with E-state index in [1.165, 1.54) is 12.8 Å². The third kappa shape index (κ3) is 5.42. The maximum atomic E-state index is 12.1. The molecule has 1 aliphatic carbocycles. The highest BCUT2D eigenvalue weighted by Crippen LogP contribution is 2.35. The van der Waals surface area contributed by atoms with Crippen LogP contribution in [0.15, 0.2) is 36.4 Å². The highest BCUT2D eigenvalue weighted by molar-refractivity contribution is 5.83. The lowest BCUT2D eigenvalue weighted by molar-refractivity contribution is -0.145. The van der Waals surface area contributed by atoms with Crippen molar-refractivity contribution < 1.29 is 28.8 Å². The van der Waals surface area contributed by atoms with Gasteiger partial charge in [-0.1, -0.05) is 18.9 Å². The molecule has 0 atom stereocenters. The molecule has 4 rings (SSSR count). The van der Waals surface area contributed by atoms with Crippen LogP contribution in [0.1, 0.15) is 44.1 Å². The molecule has 2 fully saturated rings. The molecule has 2 aromatic carbocycles. The average Bonchev–Trinajstić information content (AvgIpc) is 3.36. The molecule has 33 heavy (non-hydrogen) atoms. The molecule has 0 unspecified atom stereocenters. The maximum Gasteiger partial charge on any atom is 0.329 e. The second kappa shape index (κ2) is 10.4. The zero-order chi connectivity index (χ0) is 23.3. The number of methoxy groups -OCH3 is 2. The summed E-state index contributed by atoms with van der Waals surface area (Å²) >= 11 is 0. The molecule has 0 radical (unpaired) electrons. The van der Waals surface area contributed by atoms with Gasteiger partial charge in [0, 0.05) is 37.8 Å². The first-order chi connectivity index (χ1) is 16.0. The van der Waals surface area contributed by atoms with Crippen molar-refractivity contribution in [3.63, 3.8) is 0 Å². The van der Waals surface area contributed by atoms with E-state index < -0.39 is 11.5 Å². The number of carboxylic acid groups (broad SMARTS) is 1. The summed E-state index contributed by atoms with van der Waals surface area (Å²) in [6, 6.07) is 11.7. The van der Waals surface area contributed by atoms with Gasteiger partial charge in [-0.05, 0) is 53.8 Å². The van der Waals surface area contributed by atoms with Gasteiger partial charge in [-0.25, -0.2) is 4.79 Å². The molecule has 1 heterocycles. The van der Waals surface area contributed by atoms with E-state index in [2.05, 4.69) is 5.32 Å². The summed E-state index contributed by atoms with van der Waals surface area (Å²) in [4.78, 5) is 12.1. The second-order valence-electron chi connectivity index (χ2n) is 8.82. The monoisotopic (exact) mass is 455 g/mol. The normalized spacial score (nSPS) is 18.1. The molecule has 178 valence electrons. The van der Waals surface area contributed by atoms with Crippen molar-refractivity contribution in [3.8, 4) is 22.6 Å². The number of anilines is 1. The highest BCUT2D eigenvalue weighted by Gasteiger charge is 2.40. The fourth-order valence-electron chi connectivity index (χ4n) is 4.69. The van der Waals surface area contributed by atoms with Gasteiger partial charge >= 0.3 is 5.97 Å². The van der Waals surface area contributed by atoms with Gasteiger partial charge in [0.1, 0.15) is 17.0 Å². The first-order valence-corrected chi connectivity index (χ1v) is 11.6. The quantitative estimate of drug-likeness (QED) is 0.557. The Morgan fingerprint density at radius 3 is 2.33 bits per heavy atom. The lowest BCUT2D eigenvalue weighted by Gasteiger charge is -2.35. The van der Waals surface area contributed by atoms with Crippen LogP contribution in [-0.2, 0) is 20.9 Å². The lowest BCUT2D eigenvalue weighted by atomic mass is 9.89. The minimum Gasteiger partial charge on any atom is -0.497 e. The van der Waals surface area contributed by atoms with Gasteiger partial charge < -0.3 is 29.4 Å². The summed E-state index contributed by atoms with van der Waals surface area (Å²) in [5.41, 5.74) is 2.70. The summed E-state index contributed by atoms with van der Waals surface area (Å²) in [6.45, 7) is 1.31. The van der Waals surface area contributed by atoms with Crippen molar-refractivity contribution in [1.29, 1.82) is 0 Å². The van der Waals surface area contributed by atoms with Crippen molar-refractivity contribution >= 4 is 11.7 Å². The molecule has 2 N–H and O–H groups in total. The molecular weight excluding hydrogens is 422 g/mol. The molecule has 1 aliphatic heterocycles. The minimum absolute atomic E-state index is 0.273. The van der Waals surface area contributed by atoms with Gasteiger partial charge in [-0.3, -0.25) is 0 Å². The van der Waals surface area contributed by atoms with Crippen LogP contribution in [0.5, 0.6) is 11.5 Å². The Labute approximate surface area is 195 Å². The first-order valence-electron chi connectivity index (χ1n) is 11.6. The van der Waals surface area contributed by atoms with Crippen molar-refractivity contribution in [3.05, 3.63) is 42.0 Å². The molecule has 2 aliphatic rings. The van der Waals surface area contributed by atoms with Crippen LogP contribution in [0.3, 0.4) is 0 Å². The van der Waals surface area contributed by atoms with Crippen LogP contribution >= 0.6 is 0 Å². The zero-order valence-electron chi connectivity index (χ0n) is 19.4. The predicted molar refractivity (Wildman–Crippen MR) is 126 cm³/mol. The van der Waals surface area contributed by atoms with Crippen LogP contribution in [0.4, 0.5) is 5.69 Å². The van der Waals surface area contributed by atoms with E-state index in [-0.39, 0.29) is 6.10 Å². The highest BCUT2D eigenvalue weighted by atomic mass is 16.5. The maximum absolute atomic E-state index is 12.1. The van der Waals surface area contributed by atoms with Gasteiger partial charge in [0.25, 0.3) is 0 Å². The Hall–Kier alpha value is -2.77. The van der Waals surface area contributed by atoms with E-state index in [1.807, 2.05) is 36.4 Å². The molecule has 1 saturated carbocycles. The minimum atomic E-state index is -1.03. The summed E-state index contributed by atoms with van der Waals surface area (Å²) < 4.78 is 22.6. The molecular formula is C26H33NO6.